The average Bonchev–Trinajstić information content (AvgIpc) is 2.78. The summed E-state index contributed by atoms with van der Waals surface area (Å²) < 4.78 is 51.4. The molecule has 1 aliphatic rings. The van der Waals surface area contributed by atoms with Crippen molar-refractivity contribution < 1.29 is 52.6 Å². The van der Waals surface area contributed by atoms with Crippen molar-refractivity contribution in [2.24, 2.45) is 0 Å². The Hall–Kier alpha value is -2.90. The van der Waals surface area contributed by atoms with Gasteiger partial charge in [-0.15, -0.1) is 13.2 Å². The molecule has 0 bridgehead atoms. The number of nitrogens with one attached hydrogen (secondary N) is 1. The lowest BCUT2D eigenvalue weighted by Crippen LogP contribution is -2.60. The van der Waals surface area contributed by atoms with Gasteiger partial charge in [-0.25, -0.2) is 0 Å². The van der Waals surface area contributed by atoms with Gasteiger partial charge in [0.05, 0.1) is 12.2 Å². The van der Waals surface area contributed by atoms with E-state index in [1.54, 1.807) is 12.1 Å². The minimum atomic E-state index is -4.81. The first-order valence-corrected chi connectivity index (χ1v) is 9.78. The summed E-state index contributed by atoms with van der Waals surface area (Å²) in [5, 5.41) is 41.8. The molecule has 1 saturated heterocycles. The highest BCUT2D eigenvalue weighted by Gasteiger charge is 2.45. The van der Waals surface area contributed by atoms with E-state index in [0.717, 1.165) is 12.1 Å². The number of alkyl halides is 3. The molecule has 1 aliphatic heterocycles. The van der Waals surface area contributed by atoms with Gasteiger partial charge in [-0.1, -0.05) is 24.3 Å². The molecule has 1 amide bonds. The molecule has 0 unspecified atom stereocenters. The molecule has 5 N–H and O–H groups in total. The third-order valence-corrected chi connectivity index (χ3v) is 4.83. The third-order valence-electron chi connectivity index (χ3n) is 4.83. The molecule has 9 nitrogen and oxygen atoms in total. The van der Waals surface area contributed by atoms with Crippen LogP contribution in [0.5, 0.6) is 11.5 Å². The van der Waals surface area contributed by atoms with E-state index in [0.29, 0.717) is 5.56 Å². The lowest BCUT2D eigenvalue weighted by molar-refractivity contribution is -0.277. The van der Waals surface area contributed by atoms with E-state index in [1.807, 2.05) is 0 Å². The van der Waals surface area contributed by atoms with Crippen LogP contribution in [0.15, 0.2) is 48.5 Å². The first kappa shape index (κ1) is 24.7. The summed E-state index contributed by atoms with van der Waals surface area (Å²) in [4.78, 5) is 12.7. The molecular formula is C21H22F3NO8. The van der Waals surface area contributed by atoms with Crippen LogP contribution in [0.2, 0.25) is 0 Å². The molecule has 3 rings (SSSR count). The number of hydrogen-bond acceptors (Lipinski definition) is 8. The Balaban J connectivity index is 1.65. The molecule has 12 heteroatoms. The van der Waals surface area contributed by atoms with E-state index in [4.69, 9.17) is 9.47 Å². The van der Waals surface area contributed by atoms with Crippen molar-refractivity contribution in [3.63, 3.8) is 0 Å². The fourth-order valence-electron chi connectivity index (χ4n) is 3.13. The highest BCUT2D eigenvalue weighted by atomic mass is 19.4. The van der Waals surface area contributed by atoms with Gasteiger partial charge in [0.25, 0.3) is 5.91 Å². The average molecular weight is 473 g/mol. The third kappa shape index (κ3) is 6.33. The lowest BCUT2D eigenvalue weighted by atomic mass is 9.99. The Morgan fingerprint density at radius 2 is 1.67 bits per heavy atom. The molecule has 0 spiro atoms. The van der Waals surface area contributed by atoms with E-state index in [-0.39, 0.29) is 17.9 Å². The van der Waals surface area contributed by atoms with Crippen LogP contribution in [0.25, 0.3) is 0 Å². The number of aliphatic hydroxyl groups is 4. The Morgan fingerprint density at radius 1 is 1.00 bits per heavy atom. The van der Waals surface area contributed by atoms with Gasteiger partial charge < -0.3 is 40.0 Å². The normalized spacial score (nSPS) is 25.4. The zero-order valence-electron chi connectivity index (χ0n) is 17.0. The van der Waals surface area contributed by atoms with Gasteiger partial charge >= 0.3 is 6.36 Å². The van der Waals surface area contributed by atoms with Crippen LogP contribution in [0.3, 0.4) is 0 Å². The maximum absolute atomic E-state index is 12.7. The zero-order chi connectivity index (χ0) is 24.2. The highest BCUT2D eigenvalue weighted by Crippen LogP contribution is 2.27. The molecule has 5 atom stereocenters. The lowest BCUT2D eigenvalue weighted by Gasteiger charge is -2.39. The monoisotopic (exact) mass is 473 g/mol. The first-order chi connectivity index (χ1) is 15.6. The zero-order valence-corrected chi connectivity index (χ0v) is 17.0. The molecule has 2 aromatic rings. The largest absolute Gasteiger partial charge is 0.573 e. The summed E-state index contributed by atoms with van der Waals surface area (Å²) in [6.45, 7) is -0.654. The SMILES string of the molecule is O=C(NCc1ccc(OC(F)(F)F)cc1)c1ccccc1O[C@@H]1O[C@H](CO)[C@@H](O)[C@H](O)[C@H]1O. The summed E-state index contributed by atoms with van der Waals surface area (Å²) >= 11 is 0. The standard InChI is InChI=1S/C21H22F3NO8/c22-21(23,24)33-12-7-5-11(6-8-12)9-25-19(30)13-3-1-2-4-14(13)31-20-18(29)17(28)16(27)15(10-26)32-20/h1-8,15-18,20,26-29H,9-10H2,(H,25,30)/t15-,16-,17+,18-,20-/m1/s1. The second-order valence-electron chi connectivity index (χ2n) is 7.19. The van der Waals surface area contributed by atoms with E-state index in [9.17, 15) is 38.4 Å². The van der Waals surface area contributed by atoms with Gasteiger partial charge in [-0.2, -0.15) is 0 Å². The number of benzene rings is 2. The molecule has 33 heavy (non-hydrogen) atoms. The van der Waals surface area contributed by atoms with E-state index < -0.39 is 55.3 Å². The van der Waals surface area contributed by atoms with Crippen LogP contribution >= 0.6 is 0 Å². The topological polar surface area (TPSA) is 138 Å². The number of para-hydroxylation sites is 1. The van der Waals surface area contributed by atoms with Crippen molar-refractivity contribution in [3.8, 4) is 11.5 Å². The quantitative estimate of drug-likeness (QED) is 0.396. The van der Waals surface area contributed by atoms with Gasteiger partial charge in [0, 0.05) is 6.54 Å². The summed E-state index contributed by atoms with van der Waals surface area (Å²) in [7, 11) is 0. The van der Waals surface area contributed by atoms with E-state index in [2.05, 4.69) is 10.1 Å². The van der Waals surface area contributed by atoms with Crippen LogP contribution in [0.4, 0.5) is 13.2 Å². The summed E-state index contributed by atoms with van der Waals surface area (Å²) in [5.41, 5.74) is 0.552. The molecular weight excluding hydrogens is 451 g/mol. The number of carbonyl (C=O) groups excluding carboxylic acids is 1. The van der Waals surface area contributed by atoms with Crippen molar-refractivity contribution in [3.05, 3.63) is 59.7 Å². The minimum absolute atomic E-state index is 0.00625. The Labute approximate surface area is 185 Å². The van der Waals surface area contributed by atoms with Crippen molar-refractivity contribution in [1.82, 2.24) is 5.32 Å². The number of carbonyl (C=O) groups is 1. The fraction of sp³-hybridized carbons (Fsp3) is 0.381. The van der Waals surface area contributed by atoms with Crippen LogP contribution < -0.4 is 14.8 Å². The van der Waals surface area contributed by atoms with Crippen molar-refractivity contribution in [2.45, 2.75) is 43.6 Å². The summed E-state index contributed by atoms with van der Waals surface area (Å²) in [5.74, 6) is -0.991. The Morgan fingerprint density at radius 3 is 2.30 bits per heavy atom. The van der Waals surface area contributed by atoms with E-state index in [1.165, 1.54) is 24.3 Å². The Kier molecular flexibility index (Phi) is 7.76. The number of halogens is 3. The highest BCUT2D eigenvalue weighted by molar-refractivity contribution is 5.96. The predicted octanol–water partition coefficient (Wildman–Crippen LogP) is 0.694. The molecule has 1 fully saturated rings. The number of hydrogen-bond donors (Lipinski definition) is 5. The van der Waals surface area contributed by atoms with Crippen LogP contribution in [-0.4, -0.2) is 70.0 Å². The summed E-state index contributed by atoms with van der Waals surface area (Å²) in [6, 6.07) is 10.9. The maximum Gasteiger partial charge on any atom is 0.573 e. The molecule has 180 valence electrons. The van der Waals surface area contributed by atoms with Crippen molar-refractivity contribution >= 4 is 5.91 Å². The summed E-state index contributed by atoms with van der Waals surface area (Å²) in [6.07, 6.45) is -12.3. The number of ether oxygens (including phenoxy) is 3. The fourth-order valence-corrected chi connectivity index (χ4v) is 3.13. The molecule has 0 aliphatic carbocycles. The number of amides is 1. The van der Waals surface area contributed by atoms with Gasteiger partial charge in [0.2, 0.25) is 6.29 Å². The van der Waals surface area contributed by atoms with Crippen LogP contribution in [0.1, 0.15) is 15.9 Å². The molecule has 0 radical (unpaired) electrons. The van der Waals surface area contributed by atoms with Crippen LogP contribution in [-0.2, 0) is 11.3 Å². The van der Waals surface area contributed by atoms with Gasteiger partial charge in [-0.05, 0) is 29.8 Å². The molecule has 2 aromatic carbocycles. The van der Waals surface area contributed by atoms with Gasteiger partial charge in [0.1, 0.15) is 35.9 Å². The molecule has 0 saturated carbocycles. The molecule has 0 aromatic heterocycles. The maximum atomic E-state index is 12.7. The first-order valence-electron chi connectivity index (χ1n) is 9.78. The molecule has 1 heterocycles. The van der Waals surface area contributed by atoms with Crippen LogP contribution in [0, 0.1) is 0 Å². The second kappa shape index (κ2) is 10.4. The van der Waals surface area contributed by atoms with Gasteiger partial charge in [-0.3, -0.25) is 4.79 Å². The van der Waals surface area contributed by atoms with Gasteiger partial charge in [0.15, 0.2) is 0 Å². The van der Waals surface area contributed by atoms with Crippen molar-refractivity contribution in [2.75, 3.05) is 6.61 Å². The van der Waals surface area contributed by atoms with Crippen molar-refractivity contribution in [1.29, 1.82) is 0 Å². The smallest absolute Gasteiger partial charge is 0.461 e. The predicted molar refractivity (Wildman–Crippen MR) is 105 cm³/mol. The number of rotatable bonds is 7. The number of aliphatic hydroxyl groups excluding tert-OH is 4. The minimum Gasteiger partial charge on any atom is -0.461 e. The second-order valence-corrected chi connectivity index (χ2v) is 7.19. The Bertz CT molecular complexity index is 938. The van der Waals surface area contributed by atoms with E-state index >= 15 is 0 Å².